The summed E-state index contributed by atoms with van der Waals surface area (Å²) in [7, 11) is 0. The molecular weight excluding hydrogens is 342 g/mol. The molecule has 0 bridgehead atoms. The highest BCUT2D eigenvalue weighted by molar-refractivity contribution is 6.32. The third kappa shape index (κ3) is 2.89. The zero-order valence-electron chi connectivity index (χ0n) is 15.1. The number of halogens is 1. The molecule has 4 heteroatoms. The lowest BCUT2D eigenvalue weighted by atomic mass is 10.1. The van der Waals surface area contributed by atoms with Gasteiger partial charge in [-0.15, -0.1) is 0 Å². The zero-order valence-corrected chi connectivity index (χ0v) is 15.9. The predicted octanol–water partition coefficient (Wildman–Crippen LogP) is 5.73. The molecule has 0 aliphatic heterocycles. The number of imidazole rings is 1. The first-order chi connectivity index (χ1) is 12.5. The van der Waals surface area contributed by atoms with Gasteiger partial charge in [-0.05, 0) is 67.3 Å². The molecule has 0 saturated heterocycles. The van der Waals surface area contributed by atoms with Crippen LogP contribution in [0.5, 0.6) is 0 Å². The van der Waals surface area contributed by atoms with Crippen LogP contribution in [-0.4, -0.2) is 14.5 Å². The van der Waals surface area contributed by atoms with E-state index in [1.165, 1.54) is 22.3 Å². The molecule has 0 saturated carbocycles. The molecule has 0 fully saturated rings. The van der Waals surface area contributed by atoms with Crippen molar-refractivity contribution in [2.75, 3.05) is 0 Å². The minimum Gasteiger partial charge on any atom is -0.319 e. The lowest BCUT2D eigenvalue weighted by Crippen LogP contribution is -2.04. The number of pyridine rings is 1. The van der Waals surface area contributed by atoms with Gasteiger partial charge in [0.25, 0.3) is 0 Å². The first-order valence-electron chi connectivity index (χ1n) is 8.67. The molecule has 0 spiro atoms. The summed E-state index contributed by atoms with van der Waals surface area (Å²) in [5.41, 5.74) is 7.99. The van der Waals surface area contributed by atoms with Gasteiger partial charge in [-0.25, -0.2) is 9.97 Å². The van der Waals surface area contributed by atoms with Crippen molar-refractivity contribution in [3.63, 3.8) is 0 Å². The fourth-order valence-electron chi connectivity index (χ4n) is 3.26. The number of hydrogen-bond donors (Lipinski definition) is 0. The first-order valence-corrected chi connectivity index (χ1v) is 9.05. The second-order valence-corrected chi connectivity index (χ2v) is 7.07. The summed E-state index contributed by atoms with van der Waals surface area (Å²) in [6, 6.07) is 16.7. The molecule has 0 amide bonds. The third-order valence-corrected chi connectivity index (χ3v) is 5.25. The topological polar surface area (TPSA) is 30.7 Å². The Balaban J connectivity index is 1.99. The molecule has 4 rings (SSSR count). The number of nitrogens with zero attached hydrogens (tertiary/aromatic N) is 3. The number of fused-ring (bicyclic) bond motifs is 1. The standard InChI is InChI=1S/C22H20ClN3/c1-14-7-4-5-8-17(14)13-26-20-12-16(3)15(2)11-19(20)25-22(26)18-9-6-10-24-21(18)23/h4-12H,13H2,1-3H3. The van der Waals surface area contributed by atoms with Crippen molar-refractivity contribution < 1.29 is 0 Å². The molecular formula is C22H20ClN3. The van der Waals surface area contributed by atoms with Crippen molar-refractivity contribution in [3.8, 4) is 11.4 Å². The second-order valence-electron chi connectivity index (χ2n) is 6.71. The molecule has 0 N–H and O–H groups in total. The monoisotopic (exact) mass is 361 g/mol. The van der Waals surface area contributed by atoms with E-state index in [-0.39, 0.29) is 0 Å². The third-order valence-electron chi connectivity index (χ3n) is 4.95. The Morgan fingerprint density at radius 1 is 0.923 bits per heavy atom. The molecule has 2 aromatic carbocycles. The highest BCUT2D eigenvalue weighted by Gasteiger charge is 2.17. The SMILES string of the molecule is Cc1cc2nc(-c3cccnc3Cl)n(Cc3ccccc3C)c2cc1C. The Morgan fingerprint density at radius 3 is 2.46 bits per heavy atom. The van der Waals surface area contributed by atoms with Gasteiger partial charge < -0.3 is 4.57 Å². The van der Waals surface area contributed by atoms with Crippen molar-refractivity contribution >= 4 is 22.6 Å². The summed E-state index contributed by atoms with van der Waals surface area (Å²) in [6.07, 6.45) is 1.70. The summed E-state index contributed by atoms with van der Waals surface area (Å²) >= 11 is 6.39. The summed E-state index contributed by atoms with van der Waals surface area (Å²) in [5.74, 6) is 0.853. The Morgan fingerprint density at radius 2 is 1.69 bits per heavy atom. The maximum absolute atomic E-state index is 6.39. The minimum atomic E-state index is 0.474. The summed E-state index contributed by atoms with van der Waals surface area (Å²) in [4.78, 5) is 9.15. The molecule has 4 aromatic rings. The van der Waals surface area contributed by atoms with Crippen LogP contribution in [-0.2, 0) is 6.54 Å². The minimum absolute atomic E-state index is 0.474. The molecule has 130 valence electrons. The van der Waals surface area contributed by atoms with Gasteiger partial charge in [-0.3, -0.25) is 0 Å². The molecule has 0 unspecified atom stereocenters. The number of hydrogen-bond acceptors (Lipinski definition) is 2. The van der Waals surface area contributed by atoms with Gasteiger partial charge in [0.2, 0.25) is 0 Å². The maximum atomic E-state index is 6.39. The van der Waals surface area contributed by atoms with E-state index in [0.717, 1.165) is 29.0 Å². The Bertz CT molecular complexity index is 1110. The normalized spacial score (nSPS) is 11.2. The number of rotatable bonds is 3. The predicted molar refractivity (Wildman–Crippen MR) is 108 cm³/mol. The molecule has 0 aliphatic rings. The number of aromatic nitrogens is 3. The van der Waals surface area contributed by atoms with Gasteiger partial charge >= 0.3 is 0 Å². The average molecular weight is 362 g/mol. The molecule has 0 atom stereocenters. The molecule has 0 aliphatic carbocycles. The highest BCUT2D eigenvalue weighted by atomic mass is 35.5. The van der Waals surface area contributed by atoms with E-state index in [1.807, 2.05) is 12.1 Å². The largest absolute Gasteiger partial charge is 0.319 e. The van der Waals surface area contributed by atoms with Crippen molar-refractivity contribution in [2.45, 2.75) is 27.3 Å². The van der Waals surface area contributed by atoms with Crippen LogP contribution < -0.4 is 0 Å². The molecule has 2 heterocycles. The van der Waals surface area contributed by atoms with E-state index in [9.17, 15) is 0 Å². The van der Waals surface area contributed by atoms with E-state index in [4.69, 9.17) is 16.6 Å². The van der Waals surface area contributed by atoms with Crippen molar-refractivity contribution in [1.29, 1.82) is 0 Å². The summed E-state index contributed by atoms with van der Waals surface area (Å²) in [5, 5.41) is 0.474. The van der Waals surface area contributed by atoms with Crippen LogP contribution in [0.25, 0.3) is 22.4 Å². The van der Waals surface area contributed by atoms with Crippen LogP contribution >= 0.6 is 11.6 Å². The summed E-state index contributed by atoms with van der Waals surface area (Å²) < 4.78 is 2.24. The van der Waals surface area contributed by atoms with Crippen LogP contribution in [0, 0.1) is 20.8 Å². The Kier molecular flexibility index (Phi) is 4.25. The van der Waals surface area contributed by atoms with Gasteiger partial charge in [0, 0.05) is 12.7 Å². The quantitative estimate of drug-likeness (QED) is 0.436. The van der Waals surface area contributed by atoms with Gasteiger partial charge in [0.15, 0.2) is 0 Å². The molecule has 26 heavy (non-hydrogen) atoms. The summed E-state index contributed by atoms with van der Waals surface area (Å²) in [6.45, 7) is 7.13. The van der Waals surface area contributed by atoms with Crippen molar-refractivity contribution in [1.82, 2.24) is 14.5 Å². The molecule has 2 aromatic heterocycles. The maximum Gasteiger partial charge on any atom is 0.144 e. The van der Waals surface area contributed by atoms with Gasteiger partial charge in [0.05, 0.1) is 16.6 Å². The molecule has 3 nitrogen and oxygen atoms in total. The van der Waals surface area contributed by atoms with E-state index in [0.29, 0.717) is 5.15 Å². The van der Waals surface area contributed by atoms with Crippen LogP contribution in [0.3, 0.4) is 0 Å². The fraction of sp³-hybridized carbons (Fsp3) is 0.182. The molecule has 0 radical (unpaired) electrons. The fourth-order valence-corrected chi connectivity index (χ4v) is 3.46. The lowest BCUT2D eigenvalue weighted by molar-refractivity contribution is 0.827. The lowest BCUT2D eigenvalue weighted by Gasteiger charge is -2.12. The van der Waals surface area contributed by atoms with Crippen LogP contribution in [0.2, 0.25) is 5.15 Å². The van der Waals surface area contributed by atoms with E-state index in [2.05, 4.69) is 66.7 Å². The zero-order chi connectivity index (χ0) is 18.3. The van der Waals surface area contributed by atoms with Crippen molar-refractivity contribution in [3.05, 3.63) is 82.1 Å². The Hall–Kier alpha value is -2.65. The second kappa shape index (κ2) is 6.58. The van der Waals surface area contributed by atoms with E-state index < -0.39 is 0 Å². The average Bonchev–Trinajstić information content (AvgIpc) is 2.95. The highest BCUT2D eigenvalue weighted by Crippen LogP contribution is 2.31. The van der Waals surface area contributed by atoms with Gasteiger partial charge in [0.1, 0.15) is 11.0 Å². The van der Waals surface area contributed by atoms with Gasteiger partial charge in [-0.2, -0.15) is 0 Å². The Labute approximate surface area is 158 Å². The van der Waals surface area contributed by atoms with Crippen LogP contribution in [0.15, 0.2) is 54.7 Å². The first kappa shape index (κ1) is 16.8. The van der Waals surface area contributed by atoms with E-state index >= 15 is 0 Å². The van der Waals surface area contributed by atoms with Crippen molar-refractivity contribution in [2.24, 2.45) is 0 Å². The van der Waals surface area contributed by atoms with Crippen LogP contribution in [0.4, 0.5) is 0 Å². The number of aryl methyl sites for hydroxylation is 3. The number of benzene rings is 2. The van der Waals surface area contributed by atoms with E-state index in [1.54, 1.807) is 6.20 Å². The smallest absolute Gasteiger partial charge is 0.144 e. The van der Waals surface area contributed by atoms with Crippen LogP contribution in [0.1, 0.15) is 22.3 Å². The van der Waals surface area contributed by atoms with Gasteiger partial charge in [-0.1, -0.05) is 35.9 Å².